The first kappa shape index (κ1) is 36.2. The van der Waals surface area contributed by atoms with E-state index >= 15 is 4.39 Å². The summed E-state index contributed by atoms with van der Waals surface area (Å²) in [5, 5.41) is 16.5. The first-order valence-electron chi connectivity index (χ1n) is 17.7. The molecule has 3 aliphatic heterocycles. The van der Waals surface area contributed by atoms with Gasteiger partial charge in [0.25, 0.3) is 0 Å². The average molecular weight is 787 g/mol. The zero-order valence-electron chi connectivity index (χ0n) is 29.4. The monoisotopic (exact) mass is 785 g/mol. The maximum Gasteiger partial charge on any atom is 0.435 e. The Bertz CT molecular complexity index is 2010. The van der Waals surface area contributed by atoms with Gasteiger partial charge in [0.1, 0.15) is 47.3 Å². The van der Waals surface area contributed by atoms with E-state index in [2.05, 4.69) is 35.9 Å². The van der Waals surface area contributed by atoms with Crippen molar-refractivity contribution in [3.63, 3.8) is 0 Å². The number of esters is 1. The summed E-state index contributed by atoms with van der Waals surface area (Å²) in [6, 6.07) is 2.75. The Morgan fingerprint density at radius 1 is 1.12 bits per heavy atom. The van der Waals surface area contributed by atoms with Crippen LogP contribution in [-0.2, 0) is 14.3 Å². The van der Waals surface area contributed by atoms with Crippen molar-refractivity contribution in [2.75, 3.05) is 43.0 Å². The molecule has 52 heavy (non-hydrogen) atoms. The van der Waals surface area contributed by atoms with Gasteiger partial charge in [-0.1, -0.05) is 15.9 Å². The first-order chi connectivity index (χ1) is 24.9. The number of halogens is 3. The van der Waals surface area contributed by atoms with Crippen LogP contribution >= 0.6 is 15.9 Å². The van der Waals surface area contributed by atoms with Crippen molar-refractivity contribution in [3.8, 4) is 23.0 Å². The Balaban J connectivity index is 1.29. The summed E-state index contributed by atoms with van der Waals surface area (Å²) in [5.41, 5.74) is -1.30. The number of piperidine rings is 1. The van der Waals surface area contributed by atoms with Crippen LogP contribution in [-0.4, -0.2) is 108 Å². The third-order valence-corrected chi connectivity index (χ3v) is 10.5. The lowest BCUT2D eigenvalue weighted by molar-refractivity contribution is -0.149. The third-order valence-electron chi connectivity index (χ3n) is 9.90. The van der Waals surface area contributed by atoms with Crippen LogP contribution in [0.15, 0.2) is 24.5 Å². The quantitative estimate of drug-likeness (QED) is 0.150. The number of rotatable bonds is 9. The highest BCUT2D eigenvalue weighted by molar-refractivity contribution is 9.09. The fourth-order valence-electron chi connectivity index (χ4n) is 7.62. The van der Waals surface area contributed by atoms with Gasteiger partial charge < -0.3 is 24.2 Å². The number of hydrogen-bond donors (Lipinski definition) is 1. The number of pyridine rings is 1. The number of phenols is 1. The SMILES string of the molecule is CC(C)(C)OC(=O)n1ncc2c(-c3ncc4c(N5CCC[C@@H](OC(=O)CCCBr)C5)nc(OC[C@@]56CCCN5C[C@H](F)C6)nc4c3F)c(O)ccc21. The summed E-state index contributed by atoms with van der Waals surface area (Å²) < 4.78 is 50.1. The average Bonchev–Trinajstić information content (AvgIpc) is 3.78. The van der Waals surface area contributed by atoms with Gasteiger partial charge >= 0.3 is 18.1 Å². The van der Waals surface area contributed by atoms with E-state index in [4.69, 9.17) is 19.2 Å². The molecule has 278 valence electrons. The normalized spacial score (nSPS) is 22.2. The number of anilines is 1. The van der Waals surface area contributed by atoms with Crippen LogP contribution in [0.25, 0.3) is 33.1 Å². The summed E-state index contributed by atoms with van der Waals surface area (Å²) >= 11 is 3.35. The second-order valence-electron chi connectivity index (χ2n) is 14.8. The molecule has 16 heteroatoms. The summed E-state index contributed by atoms with van der Waals surface area (Å²) in [6.45, 7) is 7.32. The number of alkyl halides is 2. The van der Waals surface area contributed by atoms with Crippen molar-refractivity contribution >= 4 is 55.6 Å². The smallest absolute Gasteiger partial charge is 0.435 e. The molecule has 1 N–H and O–H groups in total. The van der Waals surface area contributed by atoms with Crippen molar-refractivity contribution in [2.24, 2.45) is 0 Å². The molecule has 3 aliphatic rings. The van der Waals surface area contributed by atoms with Crippen molar-refractivity contribution in [1.82, 2.24) is 29.6 Å². The molecule has 3 fully saturated rings. The van der Waals surface area contributed by atoms with Crippen LogP contribution in [0.2, 0.25) is 0 Å². The van der Waals surface area contributed by atoms with Gasteiger partial charge in [-0.3, -0.25) is 14.7 Å². The number of phenolic OH excluding ortho intramolecular Hbond substituents is 1. The molecule has 3 saturated heterocycles. The number of nitrogens with zero attached hydrogens (tertiary/aromatic N) is 7. The molecule has 0 radical (unpaired) electrons. The Morgan fingerprint density at radius 3 is 2.73 bits per heavy atom. The highest BCUT2D eigenvalue weighted by Crippen LogP contribution is 2.42. The van der Waals surface area contributed by atoms with Crippen molar-refractivity contribution in [1.29, 1.82) is 0 Å². The molecule has 7 rings (SSSR count). The fraction of sp³-hybridized carbons (Fsp3) is 0.556. The summed E-state index contributed by atoms with van der Waals surface area (Å²) in [5.74, 6) is -1.06. The maximum atomic E-state index is 17.0. The van der Waals surface area contributed by atoms with Gasteiger partial charge in [-0.2, -0.15) is 19.7 Å². The molecule has 3 aromatic heterocycles. The zero-order chi connectivity index (χ0) is 36.8. The maximum absolute atomic E-state index is 17.0. The minimum absolute atomic E-state index is 0.0168. The highest BCUT2D eigenvalue weighted by atomic mass is 79.9. The van der Waals surface area contributed by atoms with Crippen LogP contribution in [0.1, 0.15) is 65.7 Å². The van der Waals surface area contributed by atoms with Crippen molar-refractivity contribution in [3.05, 3.63) is 30.3 Å². The van der Waals surface area contributed by atoms with E-state index < -0.39 is 35.3 Å². The number of aromatic hydroxyl groups is 1. The lowest BCUT2D eigenvalue weighted by Crippen LogP contribution is -2.43. The van der Waals surface area contributed by atoms with Crippen LogP contribution in [0.3, 0.4) is 0 Å². The van der Waals surface area contributed by atoms with E-state index in [0.717, 1.165) is 24.1 Å². The molecule has 1 aromatic carbocycles. The molecule has 3 atom stereocenters. The summed E-state index contributed by atoms with van der Waals surface area (Å²) in [4.78, 5) is 43.2. The molecule has 0 unspecified atom stereocenters. The summed E-state index contributed by atoms with van der Waals surface area (Å²) in [6.07, 6.45) is 5.04. The van der Waals surface area contributed by atoms with Gasteiger partial charge in [0, 0.05) is 42.8 Å². The Morgan fingerprint density at radius 2 is 1.94 bits per heavy atom. The zero-order valence-corrected chi connectivity index (χ0v) is 31.0. The van der Waals surface area contributed by atoms with E-state index in [-0.39, 0.29) is 52.0 Å². The van der Waals surface area contributed by atoms with Gasteiger partial charge in [-0.15, -0.1) is 0 Å². The largest absolute Gasteiger partial charge is 0.507 e. The van der Waals surface area contributed by atoms with E-state index in [1.807, 2.05) is 4.90 Å². The second-order valence-corrected chi connectivity index (χ2v) is 15.6. The van der Waals surface area contributed by atoms with Gasteiger partial charge in [-0.25, -0.2) is 13.6 Å². The number of ether oxygens (including phenoxy) is 3. The van der Waals surface area contributed by atoms with E-state index in [9.17, 15) is 19.1 Å². The molecular weight excluding hydrogens is 744 g/mol. The molecular formula is C36H42BrF2N7O6. The Hall–Kier alpha value is -4.18. The number of carbonyl (C=O) groups excluding carboxylic acids is 2. The predicted molar refractivity (Wildman–Crippen MR) is 192 cm³/mol. The summed E-state index contributed by atoms with van der Waals surface area (Å²) in [7, 11) is 0. The fourth-order valence-corrected chi connectivity index (χ4v) is 7.90. The number of hydrogen-bond acceptors (Lipinski definition) is 12. The molecule has 0 amide bonds. The van der Waals surface area contributed by atoms with Crippen molar-refractivity contribution in [2.45, 2.75) is 89.1 Å². The van der Waals surface area contributed by atoms with Gasteiger partial charge in [0.05, 0.1) is 34.7 Å². The van der Waals surface area contributed by atoms with Gasteiger partial charge in [0.2, 0.25) is 0 Å². The number of benzene rings is 1. The molecule has 0 bridgehead atoms. The predicted octanol–water partition coefficient (Wildman–Crippen LogP) is 6.31. The van der Waals surface area contributed by atoms with E-state index in [1.54, 1.807) is 20.8 Å². The Labute approximate surface area is 307 Å². The minimum atomic E-state index is -0.958. The third kappa shape index (κ3) is 7.10. The number of carbonyl (C=O) groups is 2. The van der Waals surface area contributed by atoms with Crippen LogP contribution in [0, 0.1) is 5.82 Å². The second kappa shape index (κ2) is 14.3. The van der Waals surface area contributed by atoms with E-state index in [0.29, 0.717) is 68.3 Å². The molecule has 4 aromatic rings. The van der Waals surface area contributed by atoms with E-state index in [1.165, 1.54) is 24.5 Å². The highest BCUT2D eigenvalue weighted by Gasteiger charge is 2.49. The topological polar surface area (TPSA) is 145 Å². The van der Waals surface area contributed by atoms with Crippen LogP contribution < -0.4 is 9.64 Å². The molecule has 6 heterocycles. The van der Waals surface area contributed by atoms with Crippen LogP contribution in [0.5, 0.6) is 11.8 Å². The first-order valence-corrected chi connectivity index (χ1v) is 18.8. The lowest BCUT2D eigenvalue weighted by Gasteiger charge is -2.34. The molecule has 0 spiro atoms. The van der Waals surface area contributed by atoms with Gasteiger partial charge in [0.15, 0.2) is 5.82 Å². The minimum Gasteiger partial charge on any atom is -0.507 e. The van der Waals surface area contributed by atoms with Gasteiger partial charge in [-0.05, 0) is 71.6 Å². The van der Waals surface area contributed by atoms with Crippen molar-refractivity contribution < 1.29 is 37.7 Å². The number of aromatic nitrogens is 5. The Kier molecular flexibility index (Phi) is 9.97. The molecule has 13 nitrogen and oxygen atoms in total. The lowest BCUT2D eigenvalue weighted by atomic mass is 9.95. The molecule has 0 saturated carbocycles. The number of fused-ring (bicyclic) bond motifs is 3. The van der Waals surface area contributed by atoms with Crippen LogP contribution in [0.4, 0.5) is 19.4 Å². The molecule has 0 aliphatic carbocycles. The standard InChI is InChI=1S/C36H42BrF2N7O6/c1-35(2,3)52-34(49)46-25-9-10-26(47)28(23(25)17-41-46)31-29(39)30-24(16-40-31)32(44-13-5-7-22(19-44)51-27(48)8-4-12-37)43-33(42-30)50-20-36-11-6-14-45(36)18-21(38)15-36/h9-10,16-17,21-22,47H,4-8,11-15,18-20H2,1-3H3/t21-,22-,36+/m1/s1.